The quantitative estimate of drug-likeness (QED) is 0.614. The average Bonchev–Trinajstić information content (AvgIpc) is 3.46. The highest BCUT2D eigenvalue weighted by Crippen LogP contribution is 2.33. The number of allylic oxidation sites excluding steroid dienone is 1. The molecule has 29 heavy (non-hydrogen) atoms. The SMILES string of the molecule is CCC1CCCCCCCCc2cc1c(C=C1N=C(c3ccc[nH]3)C=C1OC)[nH]2. The van der Waals surface area contributed by atoms with Gasteiger partial charge >= 0.3 is 0 Å². The number of H-pyrrole nitrogens is 2. The van der Waals surface area contributed by atoms with Crippen LogP contribution in [0.5, 0.6) is 0 Å². The number of ether oxygens (including phenoxy) is 1. The molecule has 0 spiro atoms. The summed E-state index contributed by atoms with van der Waals surface area (Å²) >= 11 is 0. The molecule has 3 heterocycles. The van der Waals surface area contributed by atoms with E-state index in [1.807, 2.05) is 24.4 Å². The van der Waals surface area contributed by atoms with Crippen LogP contribution in [-0.4, -0.2) is 22.8 Å². The Kier molecular flexibility index (Phi) is 6.38. The predicted octanol–water partition coefficient (Wildman–Crippen LogP) is 6.50. The van der Waals surface area contributed by atoms with E-state index in [0.717, 1.165) is 29.3 Å². The summed E-state index contributed by atoms with van der Waals surface area (Å²) in [4.78, 5) is 11.8. The third-order valence-electron chi connectivity index (χ3n) is 6.25. The van der Waals surface area contributed by atoms with Gasteiger partial charge in [-0.3, -0.25) is 0 Å². The molecule has 1 aliphatic heterocycles. The molecule has 154 valence electrons. The van der Waals surface area contributed by atoms with Crippen molar-refractivity contribution in [2.45, 2.75) is 70.6 Å². The number of nitrogens with one attached hydrogen (secondary N) is 2. The first-order chi connectivity index (χ1) is 14.3. The Morgan fingerprint density at radius 3 is 2.76 bits per heavy atom. The van der Waals surface area contributed by atoms with Crippen LogP contribution in [0.15, 0.2) is 46.9 Å². The molecule has 2 N–H and O–H groups in total. The zero-order chi connectivity index (χ0) is 20.1. The van der Waals surface area contributed by atoms with Gasteiger partial charge in [-0.1, -0.05) is 39.0 Å². The van der Waals surface area contributed by atoms with E-state index in [4.69, 9.17) is 9.73 Å². The Bertz CT molecular complexity index is 899. The van der Waals surface area contributed by atoms with Gasteiger partial charge in [0.2, 0.25) is 0 Å². The number of nitrogens with zero attached hydrogens (tertiary/aromatic N) is 1. The lowest BCUT2D eigenvalue weighted by molar-refractivity contribution is 0.303. The summed E-state index contributed by atoms with van der Waals surface area (Å²) in [5.41, 5.74) is 6.85. The van der Waals surface area contributed by atoms with Crippen molar-refractivity contribution in [2.24, 2.45) is 4.99 Å². The zero-order valence-electron chi connectivity index (χ0n) is 17.8. The van der Waals surface area contributed by atoms with Gasteiger partial charge in [-0.25, -0.2) is 4.99 Å². The van der Waals surface area contributed by atoms with Crippen LogP contribution in [0.2, 0.25) is 0 Å². The van der Waals surface area contributed by atoms with Crippen LogP contribution < -0.4 is 0 Å². The van der Waals surface area contributed by atoms with Crippen LogP contribution in [-0.2, 0) is 11.2 Å². The molecule has 1 unspecified atom stereocenters. The van der Waals surface area contributed by atoms with Gasteiger partial charge in [0.25, 0.3) is 0 Å². The van der Waals surface area contributed by atoms with E-state index in [0.29, 0.717) is 5.92 Å². The highest BCUT2D eigenvalue weighted by Gasteiger charge is 2.21. The van der Waals surface area contributed by atoms with Crippen LogP contribution >= 0.6 is 0 Å². The Morgan fingerprint density at radius 2 is 2.00 bits per heavy atom. The molecule has 2 aromatic rings. The molecule has 0 amide bonds. The number of hydrogen-bond acceptors (Lipinski definition) is 2. The highest BCUT2D eigenvalue weighted by atomic mass is 16.5. The third-order valence-corrected chi connectivity index (χ3v) is 6.25. The standard InChI is InChI=1S/C25H33N3O/c1-3-18-11-8-6-4-5-7-9-12-19-15-20(18)22(27-19)16-24-25(29-2)17-23(28-24)21-13-10-14-26-21/h10,13-18,26-27H,3-9,11-12H2,1-2H3. The van der Waals surface area contributed by atoms with Crippen molar-refractivity contribution in [2.75, 3.05) is 7.11 Å². The first kappa shape index (κ1) is 19.8. The van der Waals surface area contributed by atoms with Crippen LogP contribution in [0.4, 0.5) is 0 Å². The van der Waals surface area contributed by atoms with E-state index in [1.165, 1.54) is 68.3 Å². The summed E-state index contributed by atoms with van der Waals surface area (Å²) in [6, 6.07) is 6.45. The fraction of sp³-hybridized carbons (Fsp3) is 0.480. The van der Waals surface area contributed by atoms with Gasteiger partial charge in [0, 0.05) is 23.7 Å². The van der Waals surface area contributed by atoms with Crippen molar-refractivity contribution in [3.05, 3.63) is 64.6 Å². The van der Waals surface area contributed by atoms with Crippen LogP contribution in [0.3, 0.4) is 0 Å². The molecule has 2 aromatic heterocycles. The topological polar surface area (TPSA) is 53.2 Å². The van der Waals surface area contributed by atoms with Crippen molar-refractivity contribution < 1.29 is 4.74 Å². The number of aryl methyl sites for hydroxylation is 1. The lowest BCUT2D eigenvalue weighted by Gasteiger charge is -2.15. The molecular weight excluding hydrogens is 358 g/mol. The summed E-state index contributed by atoms with van der Waals surface area (Å²) < 4.78 is 5.65. The number of aromatic nitrogens is 2. The summed E-state index contributed by atoms with van der Waals surface area (Å²) in [7, 11) is 1.72. The number of fused-ring (bicyclic) bond motifs is 2. The Labute approximate surface area is 174 Å². The third kappa shape index (κ3) is 4.58. The van der Waals surface area contributed by atoms with E-state index in [9.17, 15) is 0 Å². The van der Waals surface area contributed by atoms with Crippen LogP contribution in [0.25, 0.3) is 6.08 Å². The maximum atomic E-state index is 5.65. The molecule has 0 saturated carbocycles. The predicted molar refractivity (Wildman–Crippen MR) is 120 cm³/mol. The minimum absolute atomic E-state index is 0.606. The molecule has 1 atom stereocenters. The summed E-state index contributed by atoms with van der Waals surface area (Å²) in [5.74, 6) is 1.43. The van der Waals surface area contributed by atoms with Gasteiger partial charge in [-0.05, 0) is 61.4 Å². The summed E-state index contributed by atoms with van der Waals surface area (Å²) in [6.45, 7) is 2.32. The molecule has 2 aliphatic rings. The van der Waals surface area contributed by atoms with Gasteiger partial charge in [-0.15, -0.1) is 0 Å². The lowest BCUT2D eigenvalue weighted by atomic mass is 9.89. The lowest BCUT2D eigenvalue weighted by Crippen LogP contribution is -1.99. The zero-order valence-corrected chi connectivity index (χ0v) is 17.8. The largest absolute Gasteiger partial charge is 0.494 e. The first-order valence-electron chi connectivity index (χ1n) is 11.2. The molecule has 4 nitrogen and oxygen atoms in total. The van der Waals surface area contributed by atoms with E-state index in [2.05, 4.69) is 29.0 Å². The fourth-order valence-electron chi connectivity index (χ4n) is 4.58. The second-order valence-corrected chi connectivity index (χ2v) is 8.25. The highest BCUT2D eigenvalue weighted by molar-refractivity contribution is 6.11. The molecule has 1 aliphatic carbocycles. The first-order valence-corrected chi connectivity index (χ1v) is 11.2. The van der Waals surface area contributed by atoms with Crippen molar-refractivity contribution in [1.82, 2.24) is 9.97 Å². The molecule has 4 rings (SSSR count). The normalized spacial score (nSPS) is 22.0. The molecule has 0 radical (unpaired) electrons. The molecule has 2 bridgehead atoms. The van der Waals surface area contributed by atoms with Gasteiger partial charge in [0.15, 0.2) is 0 Å². The molecule has 0 aromatic carbocycles. The van der Waals surface area contributed by atoms with Crippen molar-refractivity contribution >= 4 is 11.8 Å². The summed E-state index contributed by atoms with van der Waals surface area (Å²) in [5, 5.41) is 0. The molecule has 0 saturated heterocycles. The second-order valence-electron chi connectivity index (χ2n) is 8.25. The maximum Gasteiger partial charge on any atom is 0.146 e. The van der Waals surface area contributed by atoms with Gasteiger partial charge in [0.05, 0.1) is 18.5 Å². The van der Waals surface area contributed by atoms with Crippen molar-refractivity contribution in [3.8, 4) is 0 Å². The maximum absolute atomic E-state index is 5.65. The smallest absolute Gasteiger partial charge is 0.146 e. The van der Waals surface area contributed by atoms with Gasteiger partial charge in [0.1, 0.15) is 11.5 Å². The number of methoxy groups -OCH3 is 1. The Hall–Kier alpha value is -2.49. The Balaban J connectivity index is 1.69. The van der Waals surface area contributed by atoms with Crippen molar-refractivity contribution in [1.29, 1.82) is 0 Å². The van der Waals surface area contributed by atoms with Crippen LogP contribution in [0.1, 0.15) is 86.9 Å². The molecule has 4 heteroatoms. The fourth-order valence-corrected chi connectivity index (χ4v) is 4.58. The number of hydrogen-bond donors (Lipinski definition) is 2. The second kappa shape index (κ2) is 9.34. The minimum Gasteiger partial charge on any atom is -0.494 e. The average molecular weight is 392 g/mol. The van der Waals surface area contributed by atoms with E-state index in [1.54, 1.807) is 7.11 Å². The number of rotatable bonds is 4. The van der Waals surface area contributed by atoms with Gasteiger partial charge < -0.3 is 14.7 Å². The van der Waals surface area contributed by atoms with E-state index < -0.39 is 0 Å². The number of aliphatic imine (C=N–C) groups is 1. The molecular formula is C25H33N3O. The molecule has 0 fully saturated rings. The van der Waals surface area contributed by atoms with E-state index >= 15 is 0 Å². The van der Waals surface area contributed by atoms with E-state index in [-0.39, 0.29) is 0 Å². The Morgan fingerprint density at radius 1 is 1.17 bits per heavy atom. The minimum atomic E-state index is 0.606. The van der Waals surface area contributed by atoms with Gasteiger partial charge in [-0.2, -0.15) is 0 Å². The van der Waals surface area contributed by atoms with Crippen LogP contribution in [0, 0.1) is 0 Å². The van der Waals surface area contributed by atoms with Crippen molar-refractivity contribution in [3.63, 3.8) is 0 Å². The number of aromatic amines is 2. The summed E-state index contributed by atoms with van der Waals surface area (Å²) in [6.07, 6.45) is 17.8. The monoisotopic (exact) mass is 391 g/mol.